The maximum absolute atomic E-state index is 10.5. The van der Waals surface area contributed by atoms with Crippen molar-refractivity contribution in [3.05, 3.63) is 58.7 Å². The van der Waals surface area contributed by atoms with Gasteiger partial charge in [0, 0.05) is 42.8 Å². The Balaban J connectivity index is 0.00000155. The van der Waals surface area contributed by atoms with Crippen molar-refractivity contribution >= 4 is 49.0 Å². The van der Waals surface area contributed by atoms with Crippen molar-refractivity contribution in [2.24, 2.45) is 0 Å². The van der Waals surface area contributed by atoms with Crippen LogP contribution < -0.4 is 4.74 Å². The van der Waals surface area contributed by atoms with Crippen molar-refractivity contribution in [1.82, 2.24) is 0 Å². The van der Waals surface area contributed by atoms with Gasteiger partial charge in [-0.3, -0.25) is 0 Å². The highest BCUT2D eigenvalue weighted by atomic mass is 128. The quantitative estimate of drug-likeness (QED) is 0.314. The lowest BCUT2D eigenvalue weighted by Crippen LogP contribution is -2.51. The van der Waals surface area contributed by atoms with E-state index in [2.05, 4.69) is 37.2 Å². The molecule has 5 N–H and O–H groups in total. The first-order chi connectivity index (χ1) is 14.3. The molecule has 0 spiro atoms. The predicted octanol–water partition coefficient (Wildman–Crippen LogP) is 3.30. The Morgan fingerprint density at radius 3 is 2.20 bits per heavy atom. The lowest BCUT2D eigenvalue weighted by atomic mass is 9.92. The fraction of sp³-hybridized carbons (Fsp3) is 0.429. The van der Waals surface area contributed by atoms with Gasteiger partial charge in [0.1, 0.15) is 17.6 Å². The minimum Gasteiger partial charge on any atom is -0.508 e. The minimum absolute atomic E-state index is 0.0211. The number of hydrogen-bond donors (Lipinski definition) is 5. The van der Waals surface area contributed by atoms with Crippen LogP contribution in [0.15, 0.2) is 36.4 Å². The SMILES string of the molecule is COc1ccc(Cc2cc([C@@H]3S[C@H](CO)[C@@H](O)[C@H](O)[C@H]3O)c(O)cc2C)cc1.II. The van der Waals surface area contributed by atoms with Crippen LogP contribution >= 0.6 is 49.0 Å². The van der Waals surface area contributed by atoms with E-state index in [0.29, 0.717) is 12.0 Å². The van der Waals surface area contributed by atoms with Crippen LogP contribution in [-0.2, 0) is 6.42 Å². The predicted molar refractivity (Wildman–Crippen MR) is 136 cm³/mol. The average Bonchev–Trinajstić information content (AvgIpc) is 2.76. The number of thioether (sulfide) groups is 1. The third kappa shape index (κ3) is 5.93. The van der Waals surface area contributed by atoms with Crippen molar-refractivity contribution in [3.8, 4) is 11.5 Å². The van der Waals surface area contributed by atoms with Gasteiger partial charge in [-0.1, -0.05) is 18.2 Å². The van der Waals surface area contributed by atoms with Crippen LogP contribution in [0.4, 0.5) is 0 Å². The van der Waals surface area contributed by atoms with Crippen molar-refractivity contribution in [2.75, 3.05) is 13.7 Å². The summed E-state index contributed by atoms with van der Waals surface area (Å²) in [6, 6.07) is 11.2. The van der Waals surface area contributed by atoms with Crippen LogP contribution in [0.1, 0.15) is 27.5 Å². The second-order valence-corrected chi connectivity index (χ2v) is 8.50. The zero-order valence-electron chi connectivity index (χ0n) is 16.6. The number of methoxy groups -OCH3 is 1. The molecule has 9 heteroatoms. The number of ether oxygens (including phenoxy) is 1. The molecular weight excluding hydrogens is 634 g/mol. The van der Waals surface area contributed by atoms with E-state index in [1.807, 2.05) is 37.3 Å². The topological polar surface area (TPSA) is 110 Å². The number of phenolic OH excluding ortho intramolecular Hbond substituents is 1. The highest BCUT2D eigenvalue weighted by molar-refractivity contribution is 15.0. The molecule has 3 rings (SSSR count). The summed E-state index contributed by atoms with van der Waals surface area (Å²) in [6.45, 7) is 1.57. The van der Waals surface area contributed by atoms with Crippen LogP contribution in [0.25, 0.3) is 0 Å². The number of hydrogen-bond acceptors (Lipinski definition) is 7. The monoisotopic (exact) mass is 660 g/mol. The minimum atomic E-state index is -1.39. The van der Waals surface area contributed by atoms with E-state index in [9.17, 15) is 25.5 Å². The van der Waals surface area contributed by atoms with Gasteiger partial charge < -0.3 is 30.3 Å². The van der Waals surface area contributed by atoms with Gasteiger partial charge in [-0.25, -0.2) is 0 Å². The highest BCUT2D eigenvalue weighted by Gasteiger charge is 2.44. The smallest absolute Gasteiger partial charge is 0.120 e. The first-order valence-corrected chi connectivity index (χ1v) is 16.5. The summed E-state index contributed by atoms with van der Waals surface area (Å²) in [4.78, 5) is 0. The Hall–Kier alpha value is -0.310. The Kier molecular flexibility index (Phi) is 10.4. The molecule has 1 fully saturated rings. The number of halogens is 2. The van der Waals surface area contributed by atoms with Gasteiger partial charge in [0.2, 0.25) is 0 Å². The maximum atomic E-state index is 10.5. The molecule has 1 aliphatic rings. The molecule has 0 bridgehead atoms. The number of rotatable bonds is 5. The molecule has 2 aromatic carbocycles. The molecule has 1 saturated heterocycles. The summed E-state index contributed by atoms with van der Waals surface area (Å²) in [7, 11) is 1.61. The summed E-state index contributed by atoms with van der Waals surface area (Å²) in [6.07, 6.45) is -3.25. The molecular formula is C21H26I2O6S. The van der Waals surface area contributed by atoms with E-state index in [1.165, 1.54) is 0 Å². The molecule has 0 aromatic heterocycles. The van der Waals surface area contributed by atoms with Gasteiger partial charge in [-0.05, 0) is 48.2 Å². The fourth-order valence-electron chi connectivity index (χ4n) is 3.50. The van der Waals surface area contributed by atoms with E-state index in [-0.39, 0.29) is 12.4 Å². The van der Waals surface area contributed by atoms with Gasteiger partial charge >= 0.3 is 0 Å². The van der Waals surface area contributed by atoms with Gasteiger partial charge in [-0.2, -0.15) is 0 Å². The van der Waals surface area contributed by atoms with Crippen LogP contribution in [0, 0.1) is 6.92 Å². The summed E-state index contributed by atoms with van der Waals surface area (Å²) in [5.41, 5.74) is 3.44. The highest BCUT2D eigenvalue weighted by Crippen LogP contribution is 2.46. The Morgan fingerprint density at radius 2 is 1.63 bits per heavy atom. The van der Waals surface area contributed by atoms with Gasteiger partial charge in [0.25, 0.3) is 0 Å². The number of benzene rings is 2. The molecule has 5 atom stereocenters. The summed E-state index contributed by atoms with van der Waals surface area (Å²) < 4.78 is 5.18. The summed E-state index contributed by atoms with van der Waals surface area (Å²) >= 11 is 5.40. The Bertz CT molecular complexity index is 818. The van der Waals surface area contributed by atoms with E-state index in [1.54, 1.807) is 13.2 Å². The number of aryl methyl sites for hydroxylation is 1. The molecule has 0 saturated carbocycles. The van der Waals surface area contributed by atoms with Crippen LogP contribution in [0.5, 0.6) is 11.5 Å². The van der Waals surface area contributed by atoms with E-state index in [0.717, 1.165) is 34.2 Å². The molecule has 166 valence electrons. The average molecular weight is 660 g/mol. The number of aliphatic hydroxyl groups excluding tert-OH is 4. The molecule has 30 heavy (non-hydrogen) atoms. The van der Waals surface area contributed by atoms with Crippen LogP contribution in [-0.4, -0.2) is 62.8 Å². The van der Waals surface area contributed by atoms with Crippen LogP contribution in [0.2, 0.25) is 0 Å². The van der Waals surface area contributed by atoms with Gasteiger partial charge in [-0.15, -0.1) is 11.8 Å². The second-order valence-electron chi connectivity index (χ2n) is 7.11. The molecule has 1 heterocycles. The summed E-state index contributed by atoms with van der Waals surface area (Å²) in [5.74, 6) is 0.795. The standard InChI is InChI=1S/C21H26O6S.I2/c1-11-7-16(23)15(21-20(26)19(25)18(24)17(10-22)28-21)9-13(11)8-12-3-5-14(27-2)6-4-12;1-2/h3-7,9,17-26H,8,10H2,1-2H3;/t17-,18-,19+,20-,21+;/m1./s1. The van der Waals surface area contributed by atoms with E-state index in [4.69, 9.17) is 4.74 Å². The third-order valence-electron chi connectivity index (χ3n) is 5.24. The molecule has 0 unspecified atom stereocenters. The maximum Gasteiger partial charge on any atom is 0.120 e. The van der Waals surface area contributed by atoms with E-state index >= 15 is 0 Å². The number of aromatic hydroxyl groups is 1. The van der Waals surface area contributed by atoms with Gasteiger partial charge in [0.15, 0.2) is 0 Å². The lowest BCUT2D eigenvalue weighted by Gasteiger charge is -2.40. The van der Waals surface area contributed by atoms with Crippen molar-refractivity contribution < 1.29 is 30.3 Å². The normalized spacial score (nSPS) is 25.9. The van der Waals surface area contributed by atoms with Crippen molar-refractivity contribution in [1.29, 1.82) is 0 Å². The molecule has 0 amide bonds. The zero-order chi connectivity index (χ0) is 22.4. The fourth-order valence-corrected chi connectivity index (χ4v) is 4.94. The number of phenols is 1. The third-order valence-corrected chi connectivity index (χ3v) is 6.84. The van der Waals surface area contributed by atoms with Crippen LogP contribution in [0.3, 0.4) is 0 Å². The first-order valence-electron chi connectivity index (χ1n) is 9.25. The lowest BCUT2D eigenvalue weighted by molar-refractivity contribution is -0.0701. The van der Waals surface area contributed by atoms with Crippen molar-refractivity contribution in [2.45, 2.75) is 42.2 Å². The molecule has 0 aliphatic carbocycles. The van der Waals surface area contributed by atoms with E-state index < -0.39 is 28.8 Å². The molecule has 1 aliphatic heterocycles. The molecule has 0 radical (unpaired) electrons. The summed E-state index contributed by atoms with van der Waals surface area (Å²) in [5, 5.41) is 49.3. The second kappa shape index (κ2) is 12.1. The largest absolute Gasteiger partial charge is 0.508 e. The first kappa shape index (κ1) is 25.9. The Morgan fingerprint density at radius 1 is 1.00 bits per heavy atom. The van der Waals surface area contributed by atoms with Crippen molar-refractivity contribution in [3.63, 3.8) is 0 Å². The van der Waals surface area contributed by atoms with Gasteiger partial charge in [0.05, 0.1) is 36.4 Å². The molecule has 2 aromatic rings. The number of aliphatic hydroxyl groups is 4. The Labute approximate surface area is 204 Å². The molecule has 6 nitrogen and oxygen atoms in total. The zero-order valence-corrected chi connectivity index (χ0v) is 21.7.